The summed E-state index contributed by atoms with van der Waals surface area (Å²) in [7, 11) is 0. The summed E-state index contributed by atoms with van der Waals surface area (Å²) in [6.45, 7) is 4.62. The van der Waals surface area contributed by atoms with Crippen LogP contribution in [0.15, 0.2) is 140 Å². The Morgan fingerprint density at radius 1 is 0.500 bits per heavy atom. The maximum atomic E-state index is 5.01. The standard InChI is InChI=1S/C41H29N5/c1-41(2)34-21-19-28(39-44-37(26-12-5-3-6-13-26)43-38(45-39)27-14-7-4-8-15-27)24-32(34)33-25-29(20-22-35(33)41)46-36-18-10-9-16-30(36)31-17-11-23-42-40(31)46/h3-25H,1-2H3. The van der Waals surface area contributed by atoms with Crippen molar-refractivity contribution in [1.29, 1.82) is 0 Å². The van der Waals surface area contributed by atoms with Gasteiger partial charge in [0.1, 0.15) is 5.65 Å². The number of hydrogen-bond donors (Lipinski definition) is 0. The number of pyridine rings is 1. The fraction of sp³-hybridized carbons (Fsp3) is 0.0732. The van der Waals surface area contributed by atoms with Crippen LogP contribution in [-0.4, -0.2) is 24.5 Å². The second kappa shape index (κ2) is 10.0. The van der Waals surface area contributed by atoms with E-state index in [2.05, 4.69) is 85.1 Å². The number of aromatic nitrogens is 5. The van der Waals surface area contributed by atoms with Crippen molar-refractivity contribution in [2.75, 3.05) is 0 Å². The maximum absolute atomic E-state index is 5.01. The highest BCUT2D eigenvalue weighted by Gasteiger charge is 2.36. The summed E-state index contributed by atoms with van der Waals surface area (Å²) < 4.78 is 2.28. The first-order valence-corrected chi connectivity index (χ1v) is 15.6. The Morgan fingerprint density at radius 3 is 1.76 bits per heavy atom. The van der Waals surface area contributed by atoms with Crippen LogP contribution in [0.2, 0.25) is 0 Å². The van der Waals surface area contributed by atoms with Gasteiger partial charge in [0, 0.05) is 44.8 Å². The zero-order valence-corrected chi connectivity index (χ0v) is 25.5. The molecule has 0 saturated heterocycles. The van der Waals surface area contributed by atoms with Crippen LogP contribution in [0.5, 0.6) is 0 Å². The molecule has 0 amide bonds. The monoisotopic (exact) mass is 591 g/mol. The van der Waals surface area contributed by atoms with Crippen molar-refractivity contribution < 1.29 is 0 Å². The Bertz CT molecular complexity index is 2330. The van der Waals surface area contributed by atoms with Gasteiger partial charge < -0.3 is 0 Å². The van der Waals surface area contributed by atoms with Crippen molar-refractivity contribution in [1.82, 2.24) is 24.5 Å². The first-order valence-electron chi connectivity index (χ1n) is 15.6. The number of benzene rings is 5. The quantitative estimate of drug-likeness (QED) is 0.204. The molecule has 0 N–H and O–H groups in total. The average molecular weight is 592 g/mol. The van der Waals surface area contributed by atoms with Gasteiger partial charge in [-0.2, -0.15) is 0 Å². The van der Waals surface area contributed by atoms with Crippen LogP contribution in [-0.2, 0) is 5.41 Å². The summed E-state index contributed by atoms with van der Waals surface area (Å²) >= 11 is 0. The normalized spacial score (nSPS) is 13.2. The predicted octanol–water partition coefficient (Wildman–Crippen LogP) is 9.67. The molecular weight excluding hydrogens is 562 g/mol. The molecule has 3 aromatic heterocycles. The van der Waals surface area contributed by atoms with E-state index >= 15 is 0 Å². The first kappa shape index (κ1) is 26.5. The summed E-state index contributed by atoms with van der Waals surface area (Å²) in [5, 5.41) is 2.35. The highest BCUT2D eigenvalue weighted by molar-refractivity contribution is 6.08. The van der Waals surface area contributed by atoms with E-state index in [1.54, 1.807) is 0 Å². The van der Waals surface area contributed by atoms with E-state index in [-0.39, 0.29) is 5.41 Å². The smallest absolute Gasteiger partial charge is 0.164 e. The lowest BCUT2D eigenvalue weighted by Crippen LogP contribution is -2.15. The zero-order chi connectivity index (χ0) is 30.8. The Labute approximate surface area is 266 Å². The molecule has 0 radical (unpaired) electrons. The van der Waals surface area contributed by atoms with E-state index in [4.69, 9.17) is 19.9 Å². The Balaban J connectivity index is 1.23. The van der Waals surface area contributed by atoms with E-state index in [1.807, 2.05) is 72.9 Å². The lowest BCUT2D eigenvalue weighted by atomic mass is 9.82. The summed E-state index contributed by atoms with van der Waals surface area (Å²) in [5.41, 5.74) is 11.0. The fourth-order valence-corrected chi connectivity index (χ4v) is 7.03. The van der Waals surface area contributed by atoms with Crippen molar-refractivity contribution in [3.05, 3.63) is 151 Å². The molecule has 0 fully saturated rings. The highest BCUT2D eigenvalue weighted by atomic mass is 15.0. The van der Waals surface area contributed by atoms with Gasteiger partial charge in [-0.05, 0) is 58.7 Å². The van der Waals surface area contributed by atoms with Crippen molar-refractivity contribution in [2.24, 2.45) is 0 Å². The molecule has 3 heterocycles. The van der Waals surface area contributed by atoms with Gasteiger partial charge in [0.2, 0.25) is 0 Å². The summed E-state index contributed by atoms with van der Waals surface area (Å²) in [6.07, 6.45) is 1.87. The molecule has 5 nitrogen and oxygen atoms in total. The van der Waals surface area contributed by atoms with Crippen LogP contribution in [0.4, 0.5) is 0 Å². The molecule has 8 aromatic rings. The number of para-hydroxylation sites is 1. The van der Waals surface area contributed by atoms with Gasteiger partial charge in [0.25, 0.3) is 0 Å². The SMILES string of the molecule is CC1(C)c2ccc(-c3nc(-c4ccccc4)nc(-c4ccccc4)n3)cc2-c2cc(-n3c4ccccc4c4cccnc43)ccc21. The molecule has 0 atom stereocenters. The Kier molecular flexibility index (Phi) is 5.78. The maximum Gasteiger partial charge on any atom is 0.164 e. The van der Waals surface area contributed by atoms with Crippen LogP contribution in [0, 0.1) is 0 Å². The highest BCUT2D eigenvalue weighted by Crippen LogP contribution is 2.50. The fourth-order valence-electron chi connectivity index (χ4n) is 7.03. The number of fused-ring (bicyclic) bond motifs is 6. The lowest BCUT2D eigenvalue weighted by Gasteiger charge is -2.21. The largest absolute Gasteiger partial charge is 0.294 e. The van der Waals surface area contributed by atoms with E-state index < -0.39 is 0 Å². The van der Waals surface area contributed by atoms with Crippen LogP contribution in [0.25, 0.3) is 72.9 Å². The molecule has 0 saturated carbocycles. The molecule has 5 aromatic carbocycles. The first-order chi connectivity index (χ1) is 22.6. The molecule has 0 spiro atoms. The molecule has 0 aliphatic heterocycles. The minimum atomic E-state index is -0.149. The average Bonchev–Trinajstić information content (AvgIpc) is 3.57. The number of rotatable bonds is 4. The number of nitrogens with zero attached hydrogens (tertiary/aromatic N) is 5. The van der Waals surface area contributed by atoms with E-state index in [9.17, 15) is 0 Å². The molecule has 5 heteroatoms. The van der Waals surface area contributed by atoms with Gasteiger partial charge >= 0.3 is 0 Å². The summed E-state index contributed by atoms with van der Waals surface area (Å²) in [5.74, 6) is 1.98. The molecular formula is C41H29N5. The lowest BCUT2D eigenvalue weighted by molar-refractivity contribution is 0.660. The van der Waals surface area contributed by atoms with E-state index in [0.717, 1.165) is 38.9 Å². The van der Waals surface area contributed by atoms with Gasteiger partial charge in [0.15, 0.2) is 17.5 Å². The van der Waals surface area contributed by atoms with Crippen molar-refractivity contribution >= 4 is 21.9 Å². The van der Waals surface area contributed by atoms with Crippen LogP contribution >= 0.6 is 0 Å². The van der Waals surface area contributed by atoms with Gasteiger partial charge in [-0.25, -0.2) is 19.9 Å². The topological polar surface area (TPSA) is 56.5 Å². The van der Waals surface area contributed by atoms with Crippen LogP contribution in [0.3, 0.4) is 0 Å². The molecule has 218 valence electrons. The van der Waals surface area contributed by atoms with Crippen molar-refractivity contribution in [3.8, 4) is 51.0 Å². The summed E-state index contributed by atoms with van der Waals surface area (Å²) in [6, 6.07) is 46.5. The predicted molar refractivity (Wildman–Crippen MR) is 186 cm³/mol. The minimum absolute atomic E-state index is 0.149. The molecule has 0 unspecified atom stereocenters. The third-order valence-electron chi connectivity index (χ3n) is 9.31. The summed E-state index contributed by atoms with van der Waals surface area (Å²) in [4.78, 5) is 19.7. The molecule has 46 heavy (non-hydrogen) atoms. The van der Waals surface area contributed by atoms with E-state index in [0.29, 0.717) is 17.5 Å². The van der Waals surface area contributed by atoms with E-state index in [1.165, 1.54) is 27.6 Å². The Morgan fingerprint density at radius 2 is 1.07 bits per heavy atom. The molecule has 0 bridgehead atoms. The van der Waals surface area contributed by atoms with Gasteiger partial charge in [-0.1, -0.05) is 111 Å². The molecule has 9 rings (SSSR count). The Hall–Kier alpha value is -5.94. The third kappa shape index (κ3) is 4.02. The van der Waals surface area contributed by atoms with Gasteiger partial charge in [-0.15, -0.1) is 0 Å². The van der Waals surface area contributed by atoms with Crippen LogP contribution in [0.1, 0.15) is 25.0 Å². The second-order valence-electron chi connectivity index (χ2n) is 12.4. The molecule has 1 aliphatic carbocycles. The third-order valence-corrected chi connectivity index (χ3v) is 9.31. The van der Waals surface area contributed by atoms with Crippen LogP contribution < -0.4 is 0 Å². The van der Waals surface area contributed by atoms with Crippen molar-refractivity contribution in [2.45, 2.75) is 19.3 Å². The minimum Gasteiger partial charge on any atom is -0.294 e. The zero-order valence-electron chi connectivity index (χ0n) is 25.5. The van der Waals surface area contributed by atoms with Crippen molar-refractivity contribution in [3.63, 3.8) is 0 Å². The van der Waals surface area contributed by atoms with Gasteiger partial charge in [0.05, 0.1) is 5.52 Å². The molecule has 1 aliphatic rings. The van der Waals surface area contributed by atoms with Gasteiger partial charge in [-0.3, -0.25) is 4.57 Å². The number of hydrogen-bond acceptors (Lipinski definition) is 4. The second-order valence-corrected chi connectivity index (χ2v) is 12.4.